The molecule has 1 saturated heterocycles. The van der Waals surface area contributed by atoms with E-state index in [0.29, 0.717) is 31.5 Å². The maximum Gasteiger partial charge on any atom is 0.299 e. The molecule has 0 atom stereocenters. The standard InChI is InChI=1S/C10H12ClFN2O2S/c11-17(15,16)14-6-3-8(4-7-14)9-2-1-5-13-10(9)12/h1-2,5,8H,3-4,6-7H2. The summed E-state index contributed by atoms with van der Waals surface area (Å²) in [6, 6.07) is 3.38. The van der Waals surface area contributed by atoms with Gasteiger partial charge in [0.05, 0.1) is 0 Å². The summed E-state index contributed by atoms with van der Waals surface area (Å²) in [4.78, 5) is 3.60. The Morgan fingerprint density at radius 2 is 2.06 bits per heavy atom. The first-order valence-electron chi connectivity index (χ1n) is 5.28. The van der Waals surface area contributed by atoms with Crippen LogP contribution in [0.25, 0.3) is 0 Å². The second kappa shape index (κ2) is 4.88. The molecule has 1 fully saturated rings. The van der Waals surface area contributed by atoms with Gasteiger partial charge in [-0.2, -0.15) is 17.1 Å². The van der Waals surface area contributed by atoms with E-state index in [2.05, 4.69) is 4.98 Å². The summed E-state index contributed by atoms with van der Waals surface area (Å²) in [5.74, 6) is -0.460. The fourth-order valence-corrected chi connectivity index (χ4v) is 3.15. The number of hydrogen-bond acceptors (Lipinski definition) is 3. The highest BCUT2D eigenvalue weighted by molar-refractivity contribution is 8.11. The Kier molecular flexibility index (Phi) is 3.65. The molecule has 17 heavy (non-hydrogen) atoms. The SMILES string of the molecule is O=S(=O)(Cl)N1CCC(c2cccnc2F)CC1. The molecule has 0 saturated carbocycles. The number of rotatable bonds is 2. The molecule has 7 heteroatoms. The van der Waals surface area contributed by atoms with E-state index in [0.717, 1.165) is 0 Å². The summed E-state index contributed by atoms with van der Waals surface area (Å²) < 4.78 is 36.8. The predicted octanol–water partition coefficient (Wildman–Crippen LogP) is 1.88. The number of hydrogen-bond donors (Lipinski definition) is 0. The van der Waals surface area contributed by atoms with E-state index < -0.39 is 15.2 Å². The van der Waals surface area contributed by atoms with Crippen molar-refractivity contribution >= 4 is 19.9 Å². The molecular weight excluding hydrogens is 267 g/mol. The van der Waals surface area contributed by atoms with Gasteiger partial charge in [-0.05, 0) is 24.8 Å². The monoisotopic (exact) mass is 278 g/mol. The summed E-state index contributed by atoms with van der Waals surface area (Å²) in [5, 5.41) is 0. The Morgan fingerprint density at radius 1 is 1.41 bits per heavy atom. The van der Waals surface area contributed by atoms with Gasteiger partial charge in [-0.15, -0.1) is 0 Å². The molecule has 2 heterocycles. The summed E-state index contributed by atoms with van der Waals surface area (Å²) in [5.41, 5.74) is 0.555. The molecule has 1 aromatic heterocycles. The van der Waals surface area contributed by atoms with Crippen LogP contribution in [0.5, 0.6) is 0 Å². The maximum absolute atomic E-state index is 13.4. The van der Waals surface area contributed by atoms with Gasteiger partial charge in [-0.3, -0.25) is 0 Å². The van der Waals surface area contributed by atoms with Crippen LogP contribution >= 0.6 is 10.7 Å². The van der Waals surface area contributed by atoms with Crippen molar-refractivity contribution in [1.29, 1.82) is 0 Å². The topological polar surface area (TPSA) is 50.3 Å². The first kappa shape index (κ1) is 12.7. The van der Waals surface area contributed by atoms with Gasteiger partial charge in [0.2, 0.25) is 5.95 Å². The molecule has 2 rings (SSSR count). The second-order valence-electron chi connectivity index (χ2n) is 4.00. The smallest absolute Gasteiger partial charge is 0.228 e. The predicted molar refractivity (Wildman–Crippen MR) is 62.5 cm³/mol. The van der Waals surface area contributed by atoms with Gasteiger partial charge < -0.3 is 0 Å². The van der Waals surface area contributed by atoms with Gasteiger partial charge in [0, 0.05) is 35.5 Å². The minimum Gasteiger partial charge on any atom is -0.228 e. The lowest BCUT2D eigenvalue weighted by atomic mass is 9.91. The Hall–Kier alpha value is -0.720. The lowest BCUT2D eigenvalue weighted by Crippen LogP contribution is -2.35. The molecule has 0 aromatic carbocycles. The Balaban J connectivity index is 2.08. The molecule has 1 aliphatic rings. The number of piperidine rings is 1. The van der Waals surface area contributed by atoms with E-state index in [1.807, 2.05) is 0 Å². The van der Waals surface area contributed by atoms with Crippen molar-refractivity contribution in [2.45, 2.75) is 18.8 Å². The van der Waals surface area contributed by atoms with E-state index >= 15 is 0 Å². The second-order valence-corrected chi connectivity index (χ2v) is 6.51. The van der Waals surface area contributed by atoms with Crippen molar-refractivity contribution in [3.63, 3.8) is 0 Å². The van der Waals surface area contributed by atoms with Crippen LogP contribution in [-0.4, -0.2) is 30.8 Å². The number of nitrogens with zero attached hydrogens (tertiary/aromatic N) is 2. The van der Waals surface area contributed by atoms with Crippen LogP contribution in [0, 0.1) is 5.95 Å². The van der Waals surface area contributed by atoms with E-state index in [4.69, 9.17) is 10.7 Å². The van der Waals surface area contributed by atoms with Gasteiger partial charge >= 0.3 is 0 Å². The van der Waals surface area contributed by atoms with Gasteiger partial charge in [-0.25, -0.2) is 4.98 Å². The Bertz CT molecular complexity index is 501. The molecule has 0 aliphatic carbocycles. The Morgan fingerprint density at radius 3 is 2.59 bits per heavy atom. The number of pyridine rings is 1. The van der Waals surface area contributed by atoms with E-state index in [1.54, 1.807) is 12.1 Å². The molecular formula is C10H12ClFN2O2S. The van der Waals surface area contributed by atoms with E-state index in [1.165, 1.54) is 10.5 Å². The summed E-state index contributed by atoms with van der Waals surface area (Å²) >= 11 is 0. The van der Waals surface area contributed by atoms with Crippen LogP contribution in [0.1, 0.15) is 24.3 Å². The van der Waals surface area contributed by atoms with Gasteiger partial charge in [0.15, 0.2) is 0 Å². The van der Waals surface area contributed by atoms with E-state index in [9.17, 15) is 12.8 Å². The zero-order chi connectivity index (χ0) is 12.5. The first-order chi connectivity index (χ1) is 7.98. The van der Waals surface area contributed by atoms with Crippen LogP contribution in [-0.2, 0) is 9.24 Å². The van der Waals surface area contributed by atoms with Crippen molar-refractivity contribution < 1.29 is 12.8 Å². The average Bonchev–Trinajstić information content (AvgIpc) is 2.29. The van der Waals surface area contributed by atoms with Crippen LogP contribution in [0.15, 0.2) is 18.3 Å². The highest BCUT2D eigenvalue weighted by Crippen LogP contribution is 2.30. The maximum atomic E-state index is 13.4. The Labute approximate surface area is 104 Å². The summed E-state index contributed by atoms with van der Waals surface area (Å²) in [7, 11) is 1.60. The minimum atomic E-state index is -3.65. The molecule has 0 N–H and O–H groups in total. The summed E-state index contributed by atoms with van der Waals surface area (Å²) in [6.07, 6.45) is 2.53. The van der Waals surface area contributed by atoms with Crippen LogP contribution in [0.2, 0.25) is 0 Å². The van der Waals surface area contributed by atoms with Crippen molar-refractivity contribution in [3.05, 3.63) is 29.8 Å². The molecule has 0 unspecified atom stereocenters. The number of aromatic nitrogens is 1. The first-order valence-corrected chi connectivity index (χ1v) is 7.55. The molecule has 4 nitrogen and oxygen atoms in total. The zero-order valence-corrected chi connectivity index (χ0v) is 10.6. The third kappa shape index (κ3) is 2.94. The molecule has 1 aliphatic heterocycles. The fraction of sp³-hybridized carbons (Fsp3) is 0.500. The summed E-state index contributed by atoms with van der Waals surface area (Å²) in [6.45, 7) is 0.648. The molecule has 1 aromatic rings. The lowest BCUT2D eigenvalue weighted by molar-refractivity contribution is 0.319. The largest absolute Gasteiger partial charge is 0.299 e. The van der Waals surface area contributed by atoms with Crippen molar-refractivity contribution in [1.82, 2.24) is 9.29 Å². The molecule has 94 valence electrons. The van der Waals surface area contributed by atoms with Crippen molar-refractivity contribution in [2.24, 2.45) is 0 Å². The van der Waals surface area contributed by atoms with Gasteiger partial charge in [0.25, 0.3) is 9.24 Å². The normalized spacial score (nSPS) is 19.4. The third-order valence-corrected chi connectivity index (χ3v) is 4.56. The van der Waals surface area contributed by atoms with Crippen LogP contribution < -0.4 is 0 Å². The van der Waals surface area contributed by atoms with Gasteiger partial charge in [-0.1, -0.05) is 6.07 Å². The zero-order valence-electron chi connectivity index (χ0n) is 9.01. The highest BCUT2D eigenvalue weighted by atomic mass is 35.7. The van der Waals surface area contributed by atoms with Crippen molar-refractivity contribution in [3.8, 4) is 0 Å². The average molecular weight is 279 g/mol. The van der Waals surface area contributed by atoms with Crippen molar-refractivity contribution in [2.75, 3.05) is 13.1 Å². The number of halogens is 2. The molecule has 0 radical (unpaired) electrons. The quantitative estimate of drug-likeness (QED) is 0.613. The fourth-order valence-electron chi connectivity index (χ4n) is 2.09. The van der Waals surface area contributed by atoms with Gasteiger partial charge in [0.1, 0.15) is 0 Å². The molecule has 0 spiro atoms. The molecule has 0 amide bonds. The third-order valence-electron chi connectivity index (χ3n) is 2.99. The van der Waals surface area contributed by atoms with Crippen LogP contribution in [0.3, 0.4) is 0 Å². The van der Waals surface area contributed by atoms with Crippen LogP contribution in [0.4, 0.5) is 4.39 Å². The minimum absolute atomic E-state index is 0.0124. The highest BCUT2D eigenvalue weighted by Gasteiger charge is 2.28. The lowest BCUT2D eigenvalue weighted by Gasteiger charge is -2.29. The molecule has 0 bridgehead atoms. The van der Waals surface area contributed by atoms with E-state index in [-0.39, 0.29) is 5.92 Å².